The molecule has 0 atom stereocenters. The number of hydrogen-bond donors (Lipinski definition) is 1. The highest BCUT2D eigenvalue weighted by Crippen LogP contribution is 2.11. The molecule has 0 amide bonds. The number of aromatic nitrogens is 2. The Morgan fingerprint density at radius 1 is 1.16 bits per heavy atom. The largest absolute Gasteiger partial charge is 0.313 e. The van der Waals surface area contributed by atoms with Crippen LogP contribution in [0.4, 0.5) is 0 Å². The maximum absolute atomic E-state index is 4.42. The smallest absolute Gasteiger partial charge is 0.0659 e. The van der Waals surface area contributed by atoms with Crippen molar-refractivity contribution in [1.82, 2.24) is 15.1 Å². The minimum atomic E-state index is 0.842. The van der Waals surface area contributed by atoms with Crippen LogP contribution in [0.3, 0.4) is 0 Å². The number of rotatable bonds is 6. The second-order valence-electron chi connectivity index (χ2n) is 5.14. The summed E-state index contributed by atoms with van der Waals surface area (Å²) in [6, 6.07) is 6.60. The molecule has 1 N–H and O–H groups in total. The fraction of sp³-hybridized carbons (Fsp3) is 0.438. The van der Waals surface area contributed by atoms with Crippen LogP contribution in [0.1, 0.15) is 35.6 Å². The Labute approximate surface area is 115 Å². The van der Waals surface area contributed by atoms with Crippen LogP contribution in [0, 0.1) is 13.8 Å². The summed E-state index contributed by atoms with van der Waals surface area (Å²) in [5.74, 6) is 0. The molecule has 2 rings (SSSR count). The molecule has 3 nitrogen and oxygen atoms in total. The third kappa shape index (κ3) is 3.93. The van der Waals surface area contributed by atoms with Gasteiger partial charge in [0.25, 0.3) is 0 Å². The molecule has 102 valence electrons. The zero-order chi connectivity index (χ0) is 13.7. The summed E-state index contributed by atoms with van der Waals surface area (Å²) in [5.41, 5.74) is 5.24. The molecule has 0 spiro atoms. The van der Waals surface area contributed by atoms with E-state index in [0.717, 1.165) is 26.1 Å². The lowest BCUT2D eigenvalue weighted by molar-refractivity contribution is 0.668. The summed E-state index contributed by atoms with van der Waals surface area (Å²) in [5, 5.41) is 7.81. The van der Waals surface area contributed by atoms with Crippen LogP contribution in [0.5, 0.6) is 0 Å². The van der Waals surface area contributed by atoms with Gasteiger partial charge in [-0.05, 0) is 43.5 Å². The third-order valence-electron chi connectivity index (χ3n) is 3.36. The van der Waals surface area contributed by atoms with E-state index in [2.05, 4.69) is 55.6 Å². The van der Waals surface area contributed by atoms with Crippen LogP contribution >= 0.6 is 0 Å². The van der Waals surface area contributed by atoms with Gasteiger partial charge in [0, 0.05) is 18.3 Å². The molecule has 19 heavy (non-hydrogen) atoms. The Balaban J connectivity index is 1.97. The second kappa shape index (κ2) is 6.53. The van der Waals surface area contributed by atoms with E-state index in [1.54, 1.807) is 0 Å². The van der Waals surface area contributed by atoms with Gasteiger partial charge in [0.1, 0.15) is 0 Å². The first-order valence-electron chi connectivity index (χ1n) is 6.97. The molecule has 1 aromatic carbocycles. The van der Waals surface area contributed by atoms with Crippen molar-refractivity contribution in [3.8, 4) is 0 Å². The van der Waals surface area contributed by atoms with Gasteiger partial charge in [-0.25, -0.2) is 0 Å². The van der Waals surface area contributed by atoms with E-state index in [9.17, 15) is 0 Å². The Bertz CT molecular complexity index is 529. The van der Waals surface area contributed by atoms with Crippen LogP contribution in [0.15, 0.2) is 30.6 Å². The van der Waals surface area contributed by atoms with Crippen molar-refractivity contribution in [3.05, 3.63) is 52.8 Å². The van der Waals surface area contributed by atoms with Gasteiger partial charge < -0.3 is 5.32 Å². The first-order chi connectivity index (χ1) is 9.19. The van der Waals surface area contributed by atoms with E-state index in [4.69, 9.17) is 0 Å². The molecule has 1 heterocycles. The Kier molecular flexibility index (Phi) is 4.74. The Hall–Kier alpha value is -1.61. The van der Waals surface area contributed by atoms with Gasteiger partial charge in [-0.2, -0.15) is 5.10 Å². The highest BCUT2D eigenvalue weighted by molar-refractivity contribution is 5.30. The average molecular weight is 257 g/mol. The van der Waals surface area contributed by atoms with E-state index >= 15 is 0 Å². The van der Waals surface area contributed by atoms with Crippen molar-refractivity contribution in [2.75, 3.05) is 6.54 Å². The fourth-order valence-electron chi connectivity index (χ4n) is 2.08. The lowest BCUT2D eigenvalue weighted by atomic mass is 10.1. The normalized spacial score (nSPS) is 10.9. The summed E-state index contributed by atoms with van der Waals surface area (Å²) in [6.45, 7) is 9.28. The SMILES string of the molecule is CCCNCc1cnn(Cc2ccc(C)c(C)c2)c1. The maximum Gasteiger partial charge on any atom is 0.0659 e. The lowest BCUT2D eigenvalue weighted by Gasteiger charge is -2.05. The maximum atomic E-state index is 4.42. The van der Waals surface area contributed by atoms with Gasteiger partial charge in [-0.1, -0.05) is 25.1 Å². The van der Waals surface area contributed by atoms with Crippen LogP contribution in [0.25, 0.3) is 0 Å². The quantitative estimate of drug-likeness (QED) is 0.806. The Morgan fingerprint density at radius 3 is 2.74 bits per heavy atom. The molecule has 0 bridgehead atoms. The molecular formula is C16H23N3. The van der Waals surface area contributed by atoms with E-state index in [1.165, 1.54) is 22.3 Å². The van der Waals surface area contributed by atoms with Crippen molar-refractivity contribution in [3.63, 3.8) is 0 Å². The number of nitrogens with zero attached hydrogens (tertiary/aromatic N) is 2. The van der Waals surface area contributed by atoms with E-state index < -0.39 is 0 Å². The zero-order valence-corrected chi connectivity index (χ0v) is 12.1. The Morgan fingerprint density at radius 2 is 2.00 bits per heavy atom. The predicted octanol–water partition coefficient (Wildman–Crippen LogP) is 3.05. The first kappa shape index (κ1) is 13.8. The molecule has 0 aliphatic carbocycles. The number of aryl methyl sites for hydroxylation is 2. The standard InChI is InChI=1S/C16H23N3/c1-4-7-17-9-16-10-18-19(12-16)11-15-6-5-13(2)14(3)8-15/h5-6,8,10,12,17H,4,7,9,11H2,1-3H3. The van der Waals surface area contributed by atoms with Gasteiger partial charge >= 0.3 is 0 Å². The number of hydrogen-bond acceptors (Lipinski definition) is 2. The van der Waals surface area contributed by atoms with Gasteiger partial charge in [-0.15, -0.1) is 0 Å². The molecule has 0 saturated carbocycles. The van der Waals surface area contributed by atoms with Crippen LogP contribution in [-0.2, 0) is 13.1 Å². The topological polar surface area (TPSA) is 29.9 Å². The second-order valence-corrected chi connectivity index (χ2v) is 5.14. The van der Waals surface area contributed by atoms with E-state index in [0.29, 0.717) is 0 Å². The van der Waals surface area contributed by atoms with Gasteiger partial charge in [0.15, 0.2) is 0 Å². The lowest BCUT2D eigenvalue weighted by Crippen LogP contribution is -2.13. The molecule has 0 unspecified atom stereocenters. The highest BCUT2D eigenvalue weighted by atomic mass is 15.3. The third-order valence-corrected chi connectivity index (χ3v) is 3.36. The van der Waals surface area contributed by atoms with Crippen molar-refractivity contribution in [1.29, 1.82) is 0 Å². The highest BCUT2D eigenvalue weighted by Gasteiger charge is 2.01. The fourth-order valence-corrected chi connectivity index (χ4v) is 2.08. The summed E-state index contributed by atoms with van der Waals surface area (Å²) in [6.07, 6.45) is 5.23. The molecule has 0 fully saturated rings. The minimum Gasteiger partial charge on any atom is -0.313 e. The molecule has 0 aliphatic rings. The van der Waals surface area contributed by atoms with E-state index in [1.807, 2.05) is 10.9 Å². The van der Waals surface area contributed by atoms with Crippen molar-refractivity contribution in [2.24, 2.45) is 0 Å². The van der Waals surface area contributed by atoms with Crippen molar-refractivity contribution in [2.45, 2.75) is 40.3 Å². The van der Waals surface area contributed by atoms with Crippen LogP contribution in [0.2, 0.25) is 0 Å². The average Bonchev–Trinajstić information content (AvgIpc) is 2.82. The van der Waals surface area contributed by atoms with Crippen LogP contribution < -0.4 is 5.32 Å². The van der Waals surface area contributed by atoms with Gasteiger partial charge in [-0.3, -0.25) is 4.68 Å². The molecule has 2 aromatic rings. The first-order valence-corrected chi connectivity index (χ1v) is 6.97. The molecule has 0 aliphatic heterocycles. The molecule has 0 saturated heterocycles. The van der Waals surface area contributed by atoms with Crippen molar-refractivity contribution < 1.29 is 0 Å². The summed E-state index contributed by atoms with van der Waals surface area (Å²) < 4.78 is 2.01. The predicted molar refractivity (Wildman–Crippen MR) is 79.2 cm³/mol. The van der Waals surface area contributed by atoms with Gasteiger partial charge in [0.05, 0.1) is 12.7 Å². The summed E-state index contributed by atoms with van der Waals surface area (Å²) >= 11 is 0. The molecule has 1 aromatic heterocycles. The zero-order valence-electron chi connectivity index (χ0n) is 12.1. The monoisotopic (exact) mass is 257 g/mol. The number of benzene rings is 1. The van der Waals surface area contributed by atoms with Crippen LogP contribution in [-0.4, -0.2) is 16.3 Å². The summed E-state index contributed by atoms with van der Waals surface area (Å²) in [4.78, 5) is 0. The summed E-state index contributed by atoms with van der Waals surface area (Å²) in [7, 11) is 0. The molecule has 0 radical (unpaired) electrons. The van der Waals surface area contributed by atoms with Gasteiger partial charge in [0.2, 0.25) is 0 Å². The molecule has 3 heteroatoms. The molecular weight excluding hydrogens is 234 g/mol. The number of nitrogens with one attached hydrogen (secondary N) is 1. The van der Waals surface area contributed by atoms with E-state index in [-0.39, 0.29) is 0 Å². The van der Waals surface area contributed by atoms with Crippen molar-refractivity contribution >= 4 is 0 Å². The minimum absolute atomic E-state index is 0.842.